The maximum atomic E-state index is 12.3. The second kappa shape index (κ2) is 5.87. The Labute approximate surface area is 133 Å². The van der Waals surface area contributed by atoms with Crippen molar-refractivity contribution in [2.45, 2.75) is 25.8 Å². The Bertz CT molecular complexity index is 789. The topological polar surface area (TPSA) is 79.5 Å². The summed E-state index contributed by atoms with van der Waals surface area (Å²) in [6, 6.07) is 7.49. The minimum atomic E-state index is -1.00. The zero-order valence-corrected chi connectivity index (χ0v) is 13.1. The number of benzene rings is 1. The maximum Gasteiger partial charge on any atom is 0.380 e. The third kappa shape index (κ3) is 2.97. The van der Waals surface area contributed by atoms with Gasteiger partial charge in [-0.25, -0.2) is 4.79 Å². The van der Waals surface area contributed by atoms with E-state index < -0.39 is 18.4 Å². The number of carbonyl (C=O) groups excluding carboxylic acids is 3. The third-order valence-corrected chi connectivity index (χ3v) is 4.12. The van der Waals surface area contributed by atoms with Gasteiger partial charge in [0.2, 0.25) is 0 Å². The summed E-state index contributed by atoms with van der Waals surface area (Å²) >= 11 is 0. The van der Waals surface area contributed by atoms with Crippen LogP contribution >= 0.6 is 0 Å². The van der Waals surface area contributed by atoms with Crippen LogP contribution in [0.2, 0.25) is 0 Å². The number of para-hydroxylation sites is 1. The van der Waals surface area contributed by atoms with Gasteiger partial charge in [0.15, 0.2) is 6.61 Å². The fourth-order valence-electron chi connectivity index (χ4n) is 2.63. The molecule has 0 unspecified atom stereocenters. The molecule has 3 rings (SSSR count). The van der Waals surface area contributed by atoms with Crippen molar-refractivity contribution in [2.75, 3.05) is 13.7 Å². The molecule has 0 saturated heterocycles. The minimum absolute atomic E-state index is 0.243. The summed E-state index contributed by atoms with van der Waals surface area (Å²) in [7, 11) is 1.68. The fraction of sp³-hybridized carbons (Fsp3) is 0.353. The predicted molar refractivity (Wildman–Crippen MR) is 84.1 cm³/mol. The Balaban J connectivity index is 1.70. The van der Waals surface area contributed by atoms with Crippen molar-refractivity contribution in [2.24, 2.45) is 0 Å². The van der Waals surface area contributed by atoms with E-state index in [2.05, 4.69) is 4.98 Å². The summed E-state index contributed by atoms with van der Waals surface area (Å²) in [5, 5.41) is 0.674. The van der Waals surface area contributed by atoms with Crippen LogP contribution in [0.4, 0.5) is 0 Å². The van der Waals surface area contributed by atoms with Crippen molar-refractivity contribution in [1.29, 1.82) is 0 Å². The standard InChI is InChI=1S/C17H18N2O4/c1-10-15(12-5-3-4-6-13(12)18-10)16(21)17(22)23-9-14(20)19(2)11-7-8-11/h3-6,11,18H,7-9H2,1-2H3. The average Bonchev–Trinajstić information content (AvgIpc) is 3.33. The number of ketones is 1. The molecule has 0 aliphatic heterocycles. The Morgan fingerprint density at radius 2 is 1.96 bits per heavy atom. The zero-order valence-electron chi connectivity index (χ0n) is 13.1. The number of nitrogens with zero attached hydrogens (tertiary/aromatic N) is 1. The van der Waals surface area contributed by atoms with Crippen LogP contribution in [-0.4, -0.2) is 47.2 Å². The maximum absolute atomic E-state index is 12.3. The van der Waals surface area contributed by atoms with E-state index in [-0.39, 0.29) is 11.9 Å². The highest BCUT2D eigenvalue weighted by atomic mass is 16.5. The molecule has 1 aliphatic rings. The van der Waals surface area contributed by atoms with Crippen LogP contribution in [0, 0.1) is 6.92 Å². The number of amides is 1. The quantitative estimate of drug-likeness (QED) is 0.519. The van der Waals surface area contributed by atoms with Crippen molar-refractivity contribution < 1.29 is 19.1 Å². The molecule has 0 atom stereocenters. The number of Topliss-reactive ketones (excluding diaryl/α,β-unsaturated/α-hetero) is 1. The summed E-state index contributed by atoms with van der Waals surface area (Å²) in [4.78, 5) is 40.8. The number of ether oxygens (including phenoxy) is 1. The number of hydrogen-bond acceptors (Lipinski definition) is 4. The first-order valence-electron chi connectivity index (χ1n) is 7.53. The van der Waals surface area contributed by atoms with Crippen LogP contribution < -0.4 is 0 Å². The molecule has 1 amide bonds. The largest absolute Gasteiger partial charge is 0.450 e. The zero-order chi connectivity index (χ0) is 16.6. The molecule has 1 N–H and O–H groups in total. The van der Waals surface area contributed by atoms with E-state index in [1.54, 1.807) is 31.0 Å². The molecular weight excluding hydrogens is 296 g/mol. The number of nitrogens with one attached hydrogen (secondary N) is 1. The van der Waals surface area contributed by atoms with Gasteiger partial charge in [0.25, 0.3) is 11.7 Å². The predicted octanol–water partition coefficient (Wildman–Crippen LogP) is 1.82. The fourth-order valence-corrected chi connectivity index (χ4v) is 2.63. The van der Waals surface area contributed by atoms with Gasteiger partial charge in [-0.3, -0.25) is 9.59 Å². The highest BCUT2D eigenvalue weighted by Gasteiger charge is 2.31. The lowest BCUT2D eigenvalue weighted by Crippen LogP contribution is -2.34. The van der Waals surface area contributed by atoms with Crippen LogP contribution in [0.25, 0.3) is 10.9 Å². The highest BCUT2D eigenvalue weighted by Crippen LogP contribution is 2.25. The number of fused-ring (bicyclic) bond motifs is 1. The first-order chi connectivity index (χ1) is 11.0. The molecule has 6 heteroatoms. The second-order valence-electron chi connectivity index (χ2n) is 5.81. The van der Waals surface area contributed by atoms with Crippen molar-refractivity contribution >= 4 is 28.6 Å². The van der Waals surface area contributed by atoms with Crippen molar-refractivity contribution in [3.63, 3.8) is 0 Å². The summed E-state index contributed by atoms with van der Waals surface area (Å²) in [6.45, 7) is 1.32. The molecule has 0 spiro atoms. The summed E-state index contributed by atoms with van der Waals surface area (Å²) in [5.74, 6) is -2.03. The van der Waals surface area contributed by atoms with Gasteiger partial charge in [-0.1, -0.05) is 18.2 Å². The third-order valence-electron chi connectivity index (χ3n) is 4.12. The first-order valence-corrected chi connectivity index (χ1v) is 7.53. The average molecular weight is 314 g/mol. The van der Waals surface area contributed by atoms with Crippen LogP contribution in [0.15, 0.2) is 24.3 Å². The van der Waals surface area contributed by atoms with Gasteiger partial charge in [-0.15, -0.1) is 0 Å². The van der Waals surface area contributed by atoms with E-state index in [0.717, 1.165) is 18.4 Å². The smallest absolute Gasteiger partial charge is 0.380 e. The molecule has 1 fully saturated rings. The van der Waals surface area contributed by atoms with E-state index in [1.807, 2.05) is 12.1 Å². The van der Waals surface area contributed by atoms with Gasteiger partial charge in [0.1, 0.15) is 0 Å². The van der Waals surface area contributed by atoms with Gasteiger partial charge in [-0.05, 0) is 25.8 Å². The molecule has 0 bridgehead atoms. The van der Waals surface area contributed by atoms with Crippen LogP contribution in [-0.2, 0) is 14.3 Å². The van der Waals surface area contributed by atoms with E-state index >= 15 is 0 Å². The van der Waals surface area contributed by atoms with Crippen molar-refractivity contribution in [3.8, 4) is 0 Å². The van der Waals surface area contributed by atoms with Crippen LogP contribution in [0.3, 0.4) is 0 Å². The van der Waals surface area contributed by atoms with E-state index in [9.17, 15) is 14.4 Å². The minimum Gasteiger partial charge on any atom is -0.450 e. The van der Waals surface area contributed by atoms with Gasteiger partial charge >= 0.3 is 5.97 Å². The Morgan fingerprint density at radius 3 is 2.65 bits per heavy atom. The van der Waals surface area contributed by atoms with Gasteiger partial charge in [0.05, 0.1) is 5.56 Å². The number of aryl methyl sites for hydroxylation is 1. The summed E-state index contributed by atoms with van der Waals surface area (Å²) in [6.07, 6.45) is 1.95. The van der Waals surface area contributed by atoms with Crippen molar-refractivity contribution in [1.82, 2.24) is 9.88 Å². The monoisotopic (exact) mass is 314 g/mol. The van der Waals surface area contributed by atoms with Gasteiger partial charge in [-0.2, -0.15) is 0 Å². The number of H-pyrrole nitrogens is 1. The molecule has 0 radical (unpaired) electrons. The molecule has 2 aromatic rings. The number of likely N-dealkylation sites (N-methyl/N-ethyl adjacent to an activating group) is 1. The van der Waals surface area contributed by atoms with Gasteiger partial charge in [0, 0.05) is 29.7 Å². The van der Waals surface area contributed by atoms with Crippen LogP contribution in [0.1, 0.15) is 28.9 Å². The summed E-state index contributed by atoms with van der Waals surface area (Å²) in [5.41, 5.74) is 1.69. The normalized spacial score (nSPS) is 13.8. The summed E-state index contributed by atoms with van der Waals surface area (Å²) < 4.78 is 4.90. The Hall–Kier alpha value is -2.63. The second-order valence-corrected chi connectivity index (χ2v) is 5.81. The molecule has 1 aromatic heterocycles. The lowest BCUT2D eigenvalue weighted by molar-refractivity contribution is -0.147. The molecule has 120 valence electrons. The van der Waals surface area contributed by atoms with Crippen molar-refractivity contribution in [3.05, 3.63) is 35.5 Å². The number of esters is 1. The number of aromatic amines is 1. The number of aromatic nitrogens is 1. The molecule has 1 saturated carbocycles. The van der Waals surface area contributed by atoms with Gasteiger partial charge < -0.3 is 14.6 Å². The number of rotatable bonds is 5. The highest BCUT2D eigenvalue weighted by molar-refractivity contribution is 6.43. The lowest BCUT2D eigenvalue weighted by atomic mass is 10.1. The molecule has 6 nitrogen and oxygen atoms in total. The van der Waals surface area contributed by atoms with E-state index in [4.69, 9.17) is 4.74 Å². The molecule has 1 aromatic carbocycles. The van der Waals surface area contributed by atoms with E-state index in [1.165, 1.54) is 0 Å². The Morgan fingerprint density at radius 1 is 1.26 bits per heavy atom. The number of hydrogen-bond donors (Lipinski definition) is 1. The lowest BCUT2D eigenvalue weighted by Gasteiger charge is -2.15. The molecule has 23 heavy (non-hydrogen) atoms. The number of carbonyl (C=O) groups is 3. The van der Waals surface area contributed by atoms with Crippen LogP contribution in [0.5, 0.6) is 0 Å². The Kier molecular flexibility index (Phi) is 3.90. The first kappa shape index (κ1) is 15.3. The SMILES string of the molecule is Cc1[nH]c2ccccc2c1C(=O)C(=O)OCC(=O)N(C)C1CC1. The molecule has 1 aliphatic carbocycles. The molecule has 1 heterocycles. The van der Waals surface area contributed by atoms with E-state index in [0.29, 0.717) is 16.6 Å². The molecular formula is C17H18N2O4.